The number of rotatable bonds is 8. The van der Waals surface area contributed by atoms with Gasteiger partial charge in [0.25, 0.3) is 11.8 Å². The van der Waals surface area contributed by atoms with Gasteiger partial charge < -0.3 is 14.6 Å². The Bertz CT molecular complexity index is 1200. The third-order valence-corrected chi connectivity index (χ3v) is 6.08. The van der Waals surface area contributed by atoms with Crippen molar-refractivity contribution in [1.82, 2.24) is 5.32 Å². The SMILES string of the molecule is CCOc1cc(C=C2C(=O)NC(=S)N(c3cccc(C(=O)O)c3)C2=O)cc(I)c1OC(C)CC. The second-order valence-electron chi connectivity index (χ2n) is 7.41. The average molecular weight is 594 g/mol. The van der Waals surface area contributed by atoms with Crippen LogP contribution in [-0.2, 0) is 9.59 Å². The van der Waals surface area contributed by atoms with Crippen LogP contribution in [-0.4, -0.2) is 40.7 Å². The van der Waals surface area contributed by atoms with Gasteiger partial charge in [-0.05, 0) is 97.0 Å². The number of hydrogen-bond donors (Lipinski definition) is 2. The van der Waals surface area contributed by atoms with Gasteiger partial charge in [0.2, 0.25) is 0 Å². The average Bonchev–Trinajstić information content (AvgIpc) is 2.79. The van der Waals surface area contributed by atoms with E-state index in [-0.39, 0.29) is 28.0 Å². The van der Waals surface area contributed by atoms with Crippen LogP contribution in [0.5, 0.6) is 11.5 Å². The molecule has 10 heteroatoms. The van der Waals surface area contributed by atoms with Crippen LogP contribution in [0, 0.1) is 3.57 Å². The van der Waals surface area contributed by atoms with Gasteiger partial charge in [0.15, 0.2) is 16.6 Å². The molecule has 1 atom stereocenters. The van der Waals surface area contributed by atoms with Gasteiger partial charge in [-0.15, -0.1) is 0 Å². The lowest BCUT2D eigenvalue weighted by molar-refractivity contribution is -0.122. The molecule has 0 radical (unpaired) electrons. The maximum Gasteiger partial charge on any atom is 0.335 e. The Hall–Kier alpha value is -2.99. The summed E-state index contributed by atoms with van der Waals surface area (Å²) in [6.07, 6.45) is 2.25. The number of halogens is 1. The molecule has 0 aromatic heterocycles. The summed E-state index contributed by atoms with van der Waals surface area (Å²) in [5, 5.41) is 11.6. The third-order valence-electron chi connectivity index (χ3n) is 4.99. The zero-order valence-corrected chi connectivity index (χ0v) is 21.7. The van der Waals surface area contributed by atoms with Crippen molar-refractivity contribution in [1.29, 1.82) is 0 Å². The van der Waals surface area contributed by atoms with Gasteiger partial charge in [0, 0.05) is 0 Å². The highest BCUT2D eigenvalue weighted by atomic mass is 127. The Morgan fingerprint density at radius 1 is 1.26 bits per heavy atom. The van der Waals surface area contributed by atoms with Crippen molar-refractivity contribution in [3.05, 3.63) is 56.7 Å². The fourth-order valence-corrected chi connectivity index (χ4v) is 4.20. The lowest BCUT2D eigenvalue weighted by Crippen LogP contribution is -2.54. The van der Waals surface area contributed by atoms with Crippen molar-refractivity contribution >= 4 is 69.5 Å². The van der Waals surface area contributed by atoms with Gasteiger partial charge in [-0.25, -0.2) is 4.79 Å². The first-order valence-corrected chi connectivity index (χ1v) is 12.0. The van der Waals surface area contributed by atoms with Crippen LogP contribution < -0.4 is 19.7 Å². The van der Waals surface area contributed by atoms with Gasteiger partial charge in [-0.1, -0.05) is 13.0 Å². The maximum absolute atomic E-state index is 13.3. The van der Waals surface area contributed by atoms with E-state index in [1.165, 1.54) is 24.3 Å². The number of anilines is 1. The van der Waals surface area contributed by atoms with Crippen molar-refractivity contribution in [2.24, 2.45) is 0 Å². The molecule has 2 aromatic carbocycles. The van der Waals surface area contributed by atoms with Crippen LogP contribution in [0.25, 0.3) is 6.08 Å². The predicted molar refractivity (Wildman–Crippen MR) is 140 cm³/mol. The van der Waals surface area contributed by atoms with Crippen LogP contribution in [0.3, 0.4) is 0 Å². The number of hydrogen-bond acceptors (Lipinski definition) is 6. The number of carboxylic acids is 1. The molecule has 0 aliphatic carbocycles. The minimum atomic E-state index is -1.14. The molecule has 178 valence electrons. The molecule has 2 N–H and O–H groups in total. The van der Waals surface area contributed by atoms with Gasteiger partial charge in [0.1, 0.15) is 5.57 Å². The Morgan fingerprint density at radius 3 is 2.65 bits per heavy atom. The molecule has 1 aliphatic rings. The minimum absolute atomic E-state index is 0.0108. The number of ether oxygens (including phenoxy) is 2. The number of aromatic carboxylic acids is 1. The van der Waals surface area contributed by atoms with Crippen LogP contribution in [0.1, 0.15) is 43.1 Å². The summed E-state index contributed by atoms with van der Waals surface area (Å²) in [4.78, 5) is 38.4. The highest BCUT2D eigenvalue weighted by Crippen LogP contribution is 2.36. The summed E-state index contributed by atoms with van der Waals surface area (Å²) >= 11 is 7.32. The fraction of sp³-hybridized carbons (Fsp3) is 0.250. The number of nitrogens with zero attached hydrogens (tertiary/aromatic N) is 1. The summed E-state index contributed by atoms with van der Waals surface area (Å²) in [6, 6.07) is 9.26. The van der Waals surface area contributed by atoms with Gasteiger partial charge >= 0.3 is 5.97 Å². The lowest BCUT2D eigenvalue weighted by atomic mass is 10.1. The lowest BCUT2D eigenvalue weighted by Gasteiger charge is -2.29. The zero-order valence-electron chi connectivity index (χ0n) is 18.8. The van der Waals surface area contributed by atoms with E-state index in [0.29, 0.717) is 23.7 Å². The molecule has 2 amide bonds. The van der Waals surface area contributed by atoms with E-state index >= 15 is 0 Å². The van der Waals surface area contributed by atoms with Crippen LogP contribution in [0.15, 0.2) is 42.0 Å². The Kier molecular flexibility index (Phi) is 8.26. The molecule has 3 rings (SSSR count). The Labute approximate surface area is 216 Å². The van der Waals surface area contributed by atoms with E-state index in [9.17, 15) is 19.5 Å². The van der Waals surface area contributed by atoms with Gasteiger partial charge in [0.05, 0.1) is 27.5 Å². The molecule has 1 aliphatic heterocycles. The minimum Gasteiger partial charge on any atom is -0.490 e. The summed E-state index contributed by atoms with van der Waals surface area (Å²) < 4.78 is 12.5. The van der Waals surface area contributed by atoms with Gasteiger partial charge in [-0.2, -0.15) is 0 Å². The molecule has 1 saturated heterocycles. The number of nitrogens with one attached hydrogen (secondary N) is 1. The number of thiocarbonyl (C=S) groups is 1. The summed E-state index contributed by atoms with van der Waals surface area (Å²) in [5.41, 5.74) is 0.643. The van der Waals surface area contributed by atoms with Crippen molar-refractivity contribution < 1.29 is 29.0 Å². The monoisotopic (exact) mass is 594 g/mol. The van der Waals surface area contributed by atoms with Gasteiger partial charge in [-0.3, -0.25) is 19.8 Å². The van der Waals surface area contributed by atoms with E-state index in [1.807, 2.05) is 20.8 Å². The Balaban J connectivity index is 2.03. The first-order chi connectivity index (χ1) is 16.2. The van der Waals surface area contributed by atoms with Crippen LogP contribution >= 0.6 is 34.8 Å². The fourth-order valence-electron chi connectivity index (χ4n) is 3.17. The molecule has 1 unspecified atom stereocenters. The van der Waals surface area contributed by atoms with Crippen molar-refractivity contribution in [2.75, 3.05) is 11.5 Å². The van der Waals surface area contributed by atoms with Crippen LogP contribution in [0.2, 0.25) is 0 Å². The summed E-state index contributed by atoms with van der Waals surface area (Å²) in [7, 11) is 0. The van der Waals surface area contributed by atoms with E-state index in [2.05, 4.69) is 27.9 Å². The molecule has 1 heterocycles. The molecule has 0 bridgehead atoms. The van der Waals surface area contributed by atoms with Crippen molar-refractivity contribution in [3.8, 4) is 11.5 Å². The number of benzene rings is 2. The normalized spacial score (nSPS) is 15.8. The largest absolute Gasteiger partial charge is 0.490 e. The van der Waals surface area contributed by atoms with E-state index in [0.717, 1.165) is 14.9 Å². The number of carbonyl (C=O) groups excluding carboxylic acids is 2. The van der Waals surface area contributed by atoms with Crippen molar-refractivity contribution in [3.63, 3.8) is 0 Å². The van der Waals surface area contributed by atoms with Crippen molar-refractivity contribution in [2.45, 2.75) is 33.3 Å². The molecular formula is C24H23IN2O6S. The number of amides is 2. The standard InChI is InChI=1S/C24H23IN2O6S/c1-4-13(3)33-20-18(25)10-14(11-19(20)32-5-2)9-17-21(28)26-24(34)27(22(17)29)16-8-6-7-15(12-16)23(30)31/h6-13H,4-5H2,1-3H3,(H,30,31)(H,26,28,34). The summed E-state index contributed by atoms with van der Waals surface area (Å²) in [5.74, 6) is -1.34. The maximum atomic E-state index is 13.3. The molecule has 34 heavy (non-hydrogen) atoms. The predicted octanol–water partition coefficient (Wildman–Crippen LogP) is 4.40. The highest BCUT2D eigenvalue weighted by molar-refractivity contribution is 14.1. The molecular weight excluding hydrogens is 571 g/mol. The second-order valence-corrected chi connectivity index (χ2v) is 8.96. The third kappa shape index (κ3) is 5.55. The van der Waals surface area contributed by atoms with E-state index < -0.39 is 17.8 Å². The summed E-state index contributed by atoms with van der Waals surface area (Å²) in [6.45, 7) is 6.25. The first-order valence-electron chi connectivity index (χ1n) is 10.5. The topological polar surface area (TPSA) is 105 Å². The molecule has 2 aromatic rings. The second kappa shape index (κ2) is 11.0. The zero-order chi connectivity index (χ0) is 25.0. The number of carboxylic acid groups (broad SMARTS) is 1. The molecule has 8 nitrogen and oxygen atoms in total. The molecule has 1 fully saturated rings. The first kappa shape index (κ1) is 25.6. The Morgan fingerprint density at radius 2 is 2.00 bits per heavy atom. The van der Waals surface area contributed by atoms with E-state index in [1.54, 1.807) is 18.2 Å². The molecule has 0 saturated carbocycles. The quantitative estimate of drug-likeness (QED) is 0.202. The smallest absolute Gasteiger partial charge is 0.335 e. The number of carbonyl (C=O) groups is 3. The van der Waals surface area contributed by atoms with E-state index in [4.69, 9.17) is 21.7 Å². The van der Waals surface area contributed by atoms with Crippen LogP contribution in [0.4, 0.5) is 5.69 Å². The molecule has 0 spiro atoms. The highest BCUT2D eigenvalue weighted by Gasteiger charge is 2.35.